The molecular weight excluding hydrogens is 244 g/mol. The highest BCUT2D eigenvalue weighted by atomic mass is 35.5. The van der Waals surface area contributed by atoms with Crippen molar-refractivity contribution in [2.45, 2.75) is 31.8 Å². The van der Waals surface area contributed by atoms with Gasteiger partial charge in [-0.3, -0.25) is 4.90 Å². The van der Waals surface area contributed by atoms with Gasteiger partial charge in [0.1, 0.15) is 0 Å². The van der Waals surface area contributed by atoms with E-state index >= 15 is 0 Å². The summed E-state index contributed by atoms with van der Waals surface area (Å²) in [5, 5.41) is 0.816. The molecule has 0 spiro atoms. The summed E-state index contributed by atoms with van der Waals surface area (Å²) in [5.74, 6) is 1.56. The molecule has 1 aromatic rings. The Morgan fingerprint density at radius 2 is 1.94 bits per heavy atom. The molecule has 2 N–H and O–H groups in total. The van der Waals surface area contributed by atoms with Crippen LogP contribution in [-0.4, -0.2) is 24.0 Å². The highest BCUT2D eigenvalue weighted by Crippen LogP contribution is 2.36. The molecular formula is C15H21ClN2. The summed E-state index contributed by atoms with van der Waals surface area (Å²) in [7, 11) is 0. The van der Waals surface area contributed by atoms with Gasteiger partial charge >= 0.3 is 0 Å². The zero-order valence-electron chi connectivity index (χ0n) is 10.7. The SMILES string of the molecule is NC1CCCC2CN(Cc3ccc(Cl)cc3)CC12. The fourth-order valence-corrected chi connectivity index (χ4v) is 3.71. The van der Waals surface area contributed by atoms with E-state index in [1.807, 2.05) is 12.1 Å². The van der Waals surface area contributed by atoms with Gasteiger partial charge in [-0.25, -0.2) is 0 Å². The first-order valence-electron chi connectivity index (χ1n) is 6.95. The highest BCUT2D eigenvalue weighted by Gasteiger charge is 2.38. The molecule has 3 rings (SSSR count). The van der Waals surface area contributed by atoms with Crippen LogP contribution in [0.25, 0.3) is 0 Å². The third-order valence-electron chi connectivity index (χ3n) is 4.55. The minimum absolute atomic E-state index is 0.430. The lowest BCUT2D eigenvalue weighted by molar-refractivity contribution is 0.259. The third-order valence-corrected chi connectivity index (χ3v) is 4.80. The third kappa shape index (κ3) is 2.56. The predicted molar refractivity (Wildman–Crippen MR) is 75.5 cm³/mol. The Labute approximate surface area is 114 Å². The van der Waals surface area contributed by atoms with E-state index in [1.165, 1.54) is 37.9 Å². The van der Waals surface area contributed by atoms with Gasteiger partial charge in [-0.15, -0.1) is 0 Å². The molecule has 2 aliphatic rings. The first-order chi connectivity index (χ1) is 8.72. The molecule has 18 heavy (non-hydrogen) atoms. The topological polar surface area (TPSA) is 29.3 Å². The molecule has 0 amide bonds. The van der Waals surface area contributed by atoms with Crippen molar-refractivity contribution in [2.75, 3.05) is 13.1 Å². The Hall–Kier alpha value is -0.570. The van der Waals surface area contributed by atoms with Crippen molar-refractivity contribution < 1.29 is 0 Å². The van der Waals surface area contributed by atoms with Crippen LogP contribution in [0.3, 0.4) is 0 Å². The molecule has 1 aliphatic heterocycles. The largest absolute Gasteiger partial charge is 0.327 e. The maximum atomic E-state index is 6.25. The molecule has 2 nitrogen and oxygen atoms in total. The number of fused-ring (bicyclic) bond motifs is 1. The van der Waals surface area contributed by atoms with Crippen molar-refractivity contribution >= 4 is 11.6 Å². The summed E-state index contributed by atoms with van der Waals surface area (Å²) in [4.78, 5) is 2.56. The van der Waals surface area contributed by atoms with Gasteiger partial charge in [0.25, 0.3) is 0 Å². The summed E-state index contributed by atoms with van der Waals surface area (Å²) >= 11 is 5.92. The minimum Gasteiger partial charge on any atom is -0.327 e. The van der Waals surface area contributed by atoms with E-state index < -0.39 is 0 Å². The minimum atomic E-state index is 0.430. The van der Waals surface area contributed by atoms with Crippen LogP contribution in [0.4, 0.5) is 0 Å². The van der Waals surface area contributed by atoms with E-state index in [1.54, 1.807) is 0 Å². The predicted octanol–water partition coefficient (Wildman–Crippen LogP) is 2.90. The lowest BCUT2D eigenvalue weighted by Crippen LogP contribution is -2.38. The van der Waals surface area contributed by atoms with Gasteiger partial charge in [0, 0.05) is 30.7 Å². The van der Waals surface area contributed by atoms with Crippen molar-refractivity contribution in [2.24, 2.45) is 17.6 Å². The fourth-order valence-electron chi connectivity index (χ4n) is 3.59. The molecule has 1 saturated carbocycles. The van der Waals surface area contributed by atoms with Crippen molar-refractivity contribution in [3.05, 3.63) is 34.9 Å². The van der Waals surface area contributed by atoms with Crippen LogP contribution in [0, 0.1) is 11.8 Å². The van der Waals surface area contributed by atoms with Crippen molar-refractivity contribution in [3.8, 4) is 0 Å². The van der Waals surface area contributed by atoms with Crippen LogP contribution in [0.2, 0.25) is 5.02 Å². The van der Waals surface area contributed by atoms with Crippen molar-refractivity contribution in [3.63, 3.8) is 0 Å². The standard InChI is InChI=1S/C15H21ClN2/c16-13-6-4-11(5-7-13)8-18-9-12-2-1-3-15(17)14(12)10-18/h4-7,12,14-15H,1-3,8-10,17H2. The van der Waals surface area contributed by atoms with E-state index in [4.69, 9.17) is 17.3 Å². The Morgan fingerprint density at radius 1 is 1.17 bits per heavy atom. The molecule has 98 valence electrons. The maximum absolute atomic E-state index is 6.25. The molecule has 2 fully saturated rings. The number of rotatable bonds is 2. The van der Waals surface area contributed by atoms with Gasteiger partial charge in [0.05, 0.1) is 0 Å². The molecule has 0 radical (unpaired) electrons. The number of nitrogens with zero attached hydrogens (tertiary/aromatic N) is 1. The first-order valence-corrected chi connectivity index (χ1v) is 7.32. The average Bonchev–Trinajstić information content (AvgIpc) is 2.76. The van der Waals surface area contributed by atoms with Crippen LogP contribution >= 0.6 is 11.6 Å². The molecule has 3 atom stereocenters. The van der Waals surface area contributed by atoms with E-state index in [-0.39, 0.29) is 0 Å². The smallest absolute Gasteiger partial charge is 0.0406 e. The summed E-state index contributed by atoms with van der Waals surface area (Å²) in [6.45, 7) is 3.44. The summed E-state index contributed by atoms with van der Waals surface area (Å²) in [6, 6.07) is 8.64. The van der Waals surface area contributed by atoms with Gasteiger partial charge in [0.2, 0.25) is 0 Å². The molecule has 1 saturated heterocycles. The molecule has 0 aromatic heterocycles. The van der Waals surface area contributed by atoms with Crippen LogP contribution in [0.1, 0.15) is 24.8 Å². The fraction of sp³-hybridized carbons (Fsp3) is 0.600. The number of halogens is 1. The molecule has 0 bridgehead atoms. The summed E-state index contributed by atoms with van der Waals surface area (Å²) in [6.07, 6.45) is 3.91. The molecule has 3 heteroatoms. The van der Waals surface area contributed by atoms with Crippen LogP contribution < -0.4 is 5.73 Å². The van der Waals surface area contributed by atoms with Gasteiger partial charge in [0.15, 0.2) is 0 Å². The van der Waals surface area contributed by atoms with Crippen LogP contribution in [0.15, 0.2) is 24.3 Å². The van der Waals surface area contributed by atoms with Gasteiger partial charge in [-0.1, -0.05) is 30.2 Å². The van der Waals surface area contributed by atoms with Crippen LogP contribution in [-0.2, 0) is 6.54 Å². The van der Waals surface area contributed by atoms with Crippen LogP contribution in [0.5, 0.6) is 0 Å². The zero-order valence-corrected chi connectivity index (χ0v) is 11.4. The number of nitrogens with two attached hydrogens (primary N) is 1. The van der Waals surface area contributed by atoms with Gasteiger partial charge in [-0.2, -0.15) is 0 Å². The Morgan fingerprint density at radius 3 is 2.67 bits per heavy atom. The van der Waals surface area contributed by atoms with E-state index in [0.717, 1.165) is 23.4 Å². The van der Waals surface area contributed by atoms with Crippen molar-refractivity contribution in [1.29, 1.82) is 0 Å². The van der Waals surface area contributed by atoms with E-state index in [9.17, 15) is 0 Å². The first kappa shape index (κ1) is 12.5. The van der Waals surface area contributed by atoms with E-state index in [2.05, 4.69) is 17.0 Å². The Kier molecular flexibility index (Phi) is 3.60. The molecule has 1 aliphatic carbocycles. The Bertz CT molecular complexity index is 403. The number of hydrogen-bond acceptors (Lipinski definition) is 2. The van der Waals surface area contributed by atoms with Gasteiger partial charge in [-0.05, 0) is 42.4 Å². The molecule has 1 aromatic carbocycles. The average molecular weight is 265 g/mol. The highest BCUT2D eigenvalue weighted by molar-refractivity contribution is 6.30. The summed E-state index contributed by atoms with van der Waals surface area (Å²) in [5.41, 5.74) is 7.60. The lowest BCUT2D eigenvalue weighted by Gasteiger charge is -2.29. The van der Waals surface area contributed by atoms with E-state index in [0.29, 0.717) is 6.04 Å². The quantitative estimate of drug-likeness (QED) is 0.890. The number of likely N-dealkylation sites (tertiary alicyclic amines) is 1. The number of hydrogen-bond donors (Lipinski definition) is 1. The lowest BCUT2D eigenvalue weighted by atomic mass is 9.78. The monoisotopic (exact) mass is 264 g/mol. The number of benzene rings is 1. The maximum Gasteiger partial charge on any atom is 0.0406 e. The van der Waals surface area contributed by atoms with Gasteiger partial charge < -0.3 is 5.73 Å². The second-order valence-corrected chi connectivity index (χ2v) is 6.28. The molecule has 3 unspecified atom stereocenters. The second kappa shape index (κ2) is 5.20. The zero-order chi connectivity index (χ0) is 12.5. The molecule has 1 heterocycles. The summed E-state index contributed by atoms with van der Waals surface area (Å²) < 4.78 is 0. The van der Waals surface area contributed by atoms with Crippen molar-refractivity contribution in [1.82, 2.24) is 4.90 Å². The second-order valence-electron chi connectivity index (χ2n) is 5.84. The Balaban J connectivity index is 1.63. The normalized spacial score (nSPS) is 32.4.